The van der Waals surface area contributed by atoms with Gasteiger partial charge in [-0.3, -0.25) is 9.52 Å². The lowest BCUT2D eigenvalue weighted by Crippen LogP contribution is -2.16. The molecule has 0 radical (unpaired) electrons. The first kappa shape index (κ1) is 25.6. The highest BCUT2D eigenvalue weighted by Crippen LogP contribution is 2.31. The molecule has 38 heavy (non-hydrogen) atoms. The fourth-order valence-corrected chi connectivity index (χ4v) is 5.76. The number of rotatable bonds is 6. The van der Waals surface area contributed by atoms with E-state index in [1.807, 2.05) is 30.3 Å². The SMILES string of the molecule is N#Cn1c(=O)c(-c2nnc(-c3ccccc3)s2)c2ncc(NS(=O)(=O)C=Cc3c(Cl)cc(F)cc3Cl)cn21. The van der Waals surface area contributed by atoms with Crippen molar-refractivity contribution < 1.29 is 12.8 Å². The standard InChI is InChI=1S/C23H12Cl2FN7O3S2/c24-17-8-14(26)9-18(25)16(17)6-7-38(35,36)31-15-10-28-20-19(23(34)33(12-27)32(20)11-15)22-30-29-21(37-22)13-4-2-1-3-5-13/h1-11,31H. The van der Waals surface area contributed by atoms with Crippen LogP contribution in [0.5, 0.6) is 0 Å². The summed E-state index contributed by atoms with van der Waals surface area (Å²) in [5.74, 6) is -0.669. The van der Waals surface area contributed by atoms with Crippen LogP contribution in [0.4, 0.5) is 10.1 Å². The molecule has 0 bridgehead atoms. The first-order chi connectivity index (χ1) is 18.2. The van der Waals surface area contributed by atoms with Crippen molar-refractivity contribution in [3.63, 3.8) is 0 Å². The number of nitrogens with zero attached hydrogens (tertiary/aromatic N) is 6. The van der Waals surface area contributed by atoms with Gasteiger partial charge in [0.1, 0.15) is 16.4 Å². The molecule has 10 nitrogen and oxygen atoms in total. The maximum absolute atomic E-state index is 13.4. The molecule has 0 aliphatic rings. The molecule has 0 aliphatic carbocycles. The summed E-state index contributed by atoms with van der Waals surface area (Å²) >= 11 is 13.1. The molecule has 3 heterocycles. The van der Waals surface area contributed by atoms with E-state index in [-0.39, 0.29) is 37.5 Å². The molecule has 0 unspecified atom stereocenters. The van der Waals surface area contributed by atoms with Gasteiger partial charge in [0.2, 0.25) is 6.19 Å². The van der Waals surface area contributed by atoms with Crippen molar-refractivity contribution in [2.24, 2.45) is 0 Å². The molecule has 5 rings (SSSR count). The van der Waals surface area contributed by atoms with Crippen LogP contribution in [0.2, 0.25) is 10.0 Å². The van der Waals surface area contributed by atoms with Gasteiger partial charge < -0.3 is 0 Å². The second kappa shape index (κ2) is 9.99. The molecule has 0 saturated heterocycles. The Morgan fingerprint density at radius 1 is 1.11 bits per heavy atom. The van der Waals surface area contributed by atoms with E-state index in [0.717, 1.165) is 45.0 Å². The van der Waals surface area contributed by atoms with Gasteiger partial charge in [-0.15, -0.1) is 14.9 Å². The predicted molar refractivity (Wildman–Crippen MR) is 143 cm³/mol. The zero-order valence-corrected chi connectivity index (χ0v) is 21.9. The topological polar surface area (TPSA) is 135 Å². The van der Waals surface area contributed by atoms with E-state index in [2.05, 4.69) is 19.9 Å². The Kier molecular flexibility index (Phi) is 6.72. The lowest BCUT2D eigenvalue weighted by Gasteiger charge is -2.06. The van der Waals surface area contributed by atoms with E-state index in [1.54, 1.807) is 6.19 Å². The summed E-state index contributed by atoms with van der Waals surface area (Å²) in [7, 11) is -4.13. The van der Waals surface area contributed by atoms with Gasteiger partial charge >= 0.3 is 0 Å². The van der Waals surface area contributed by atoms with Crippen molar-refractivity contribution in [3.8, 4) is 27.3 Å². The summed E-state index contributed by atoms with van der Waals surface area (Å²) in [6.07, 6.45) is 5.27. The Hall–Kier alpha value is -4.09. The molecule has 190 valence electrons. The summed E-state index contributed by atoms with van der Waals surface area (Å²) in [4.78, 5) is 17.2. The molecular weight excluding hydrogens is 576 g/mol. The first-order valence-corrected chi connectivity index (χ1v) is 13.6. The van der Waals surface area contributed by atoms with E-state index in [4.69, 9.17) is 23.2 Å². The highest BCUT2D eigenvalue weighted by molar-refractivity contribution is 7.95. The Balaban J connectivity index is 1.50. The minimum absolute atomic E-state index is 0.0427. The fraction of sp³-hybridized carbons (Fsp3) is 0. The minimum Gasteiger partial charge on any atom is -0.277 e. The molecule has 0 saturated carbocycles. The van der Waals surface area contributed by atoms with E-state index >= 15 is 0 Å². The number of fused-ring (bicyclic) bond motifs is 1. The Bertz CT molecular complexity index is 1920. The highest BCUT2D eigenvalue weighted by Gasteiger charge is 2.22. The van der Waals surface area contributed by atoms with Gasteiger partial charge in [-0.25, -0.2) is 22.3 Å². The van der Waals surface area contributed by atoms with Crippen LogP contribution in [0.15, 0.2) is 65.1 Å². The fourth-order valence-electron chi connectivity index (χ4n) is 3.47. The summed E-state index contributed by atoms with van der Waals surface area (Å²) < 4.78 is 42.8. The summed E-state index contributed by atoms with van der Waals surface area (Å²) in [6, 6.07) is 11.2. The molecule has 0 atom stereocenters. The summed E-state index contributed by atoms with van der Waals surface area (Å²) in [6.45, 7) is 0. The van der Waals surface area contributed by atoms with Gasteiger partial charge in [0.15, 0.2) is 10.7 Å². The van der Waals surface area contributed by atoms with Crippen molar-refractivity contribution in [2.45, 2.75) is 0 Å². The Morgan fingerprint density at radius 3 is 2.47 bits per heavy atom. The van der Waals surface area contributed by atoms with Gasteiger partial charge in [0.25, 0.3) is 15.6 Å². The number of aromatic nitrogens is 5. The van der Waals surface area contributed by atoms with Crippen LogP contribution in [0.3, 0.4) is 0 Å². The average Bonchev–Trinajstić information content (AvgIpc) is 3.45. The number of nitriles is 1. The third-order valence-electron chi connectivity index (χ3n) is 5.12. The zero-order chi connectivity index (χ0) is 27.0. The van der Waals surface area contributed by atoms with Gasteiger partial charge in [-0.05, 0) is 18.2 Å². The van der Waals surface area contributed by atoms with Crippen molar-refractivity contribution in [3.05, 3.63) is 92.0 Å². The molecule has 0 spiro atoms. The van der Waals surface area contributed by atoms with Crippen LogP contribution in [-0.2, 0) is 10.0 Å². The third kappa shape index (κ3) is 4.90. The average molecular weight is 588 g/mol. The second-order valence-electron chi connectivity index (χ2n) is 7.61. The van der Waals surface area contributed by atoms with Crippen LogP contribution >= 0.6 is 34.5 Å². The number of hydrogen-bond donors (Lipinski definition) is 1. The number of hydrogen-bond acceptors (Lipinski definition) is 8. The van der Waals surface area contributed by atoms with Crippen molar-refractivity contribution in [1.29, 1.82) is 5.26 Å². The smallest absolute Gasteiger partial charge is 0.277 e. The molecule has 15 heteroatoms. The number of sulfonamides is 1. The molecule has 2 aromatic carbocycles. The van der Waals surface area contributed by atoms with E-state index in [0.29, 0.717) is 9.69 Å². The van der Waals surface area contributed by atoms with Crippen LogP contribution in [0.25, 0.3) is 32.9 Å². The second-order valence-corrected chi connectivity index (χ2v) is 11.0. The lowest BCUT2D eigenvalue weighted by molar-refractivity contribution is 0.609. The number of benzene rings is 2. The van der Waals surface area contributed by atoms with Gasteiger partial charge in [-0.2, -0.15) is 5.26 Å². The quantitative estimate of drug-likeness (QED) is 0.299. The maximum Gasteiger partial charge on any atom is 0.293 e. The van der Waals surface area contributed by atoms with Gasteiger partial charge in [0.05, 0.1) is 33.5 Å². The molecular formula is C23H12Cl2FN7O3S2. The largest absolute Gasteiger partial charge is 0.293 e. The molecule has 0 amide bonds. The summed E-state index contributed by atoms with van der Waals surface area (Å²) in [5, 5.41) is 19.3. The van der Waals surface area contributed by atoms with Crippen molar-refractivity contribution in [2.75, 3.05) is 4.72 Å². The Morgan fingerprint density at radius 2 is 1.79 bits per heavy atom. The van der Waals surface area contributed by atoms with Crippen LogP contribution in [0, 0.1) is 17.3 Å². The zero-order valence-electron chi connectivity index (χ0n) is 18.7. The minimum atomic E-state index is -4.13. The van der Waals surface area contributed by atoms with Gasteiger partial charge in [-0.1, -0.05) is 64.9 Å². The predicted octanol–water partition coefficient (Wildman–Crippen LogP) is 4.87. The molecule has 0 fully saturated rings. The number of halogens is 3. The van der Waals surface area contributed by atoms with Crippen LogP contribution < -0.4 is 10.3 Å². The maximum atomic E-state index is 13.4. The van der Waals surface area contributed by atoms with E-state index in [9.17, 15) is 22.9 Å². The van der Waals surface area contributed by atoms with Crippen LogP contribution in [0.1, 0.15) is 5.56 Å². The first-order valence-electron chi connectivity index (χ1n) is 10.4. The third-order valence-corrected chi connectivity index (χ3v) is 7.75. The number of anilines is 1. The Labute approximate surface area is 227 Å². The molecule has 0 aliphatic heterocycles. The molecule has 5 aromatic rings. The van der Waals surface area contributed by atoms with Crippen molar-refractivity contribution in [1.82, 2.24) is 24.4 Å². The molecule has 3 aromatic heterocycles. The van der Waals surface area contributed by atoms with Crippen LogP contribution in [-0.4, -0.2) is 32.8 Å². The van der Waals surface area contributed by atoms with E-state index in [1.165, 1.54) is 12.4 Å². The monoisotopic (exact) mass is 587 g/mol. The molecule has 1 N–H and O–H groups in total. The summed E-state index contributed by atoms with van der Waals surface area (Å²) in [5.41, 5.74) is 0.287. The lowest BCUT2D eigenvalue weighted by atomic mass is 10.2. The van der Waals surface area contributed by atoms with E-state index < -0.39 is 21.4 Å². The number of nitrogens with one attached hydrogen (secondary N) is 1. The normalized spacial score (nSPS) is 11.7. The van der Waals surface area contributed by atoms with Gasteiger partial charge in [0, 0.05) is 11.1 Å². The van der Waals surface area contributed by atoms with Crippen molar-refractivity contribution >= 4 is 62.0 Å². The highest BCUT2D eigenvalue weighted by atomic mass is 35.5.